The number of fused-ring (bicyclic) bond motifs is 1. The summed E-state index contributed by atoms with van der Waals surface area (Å²) in [5.74, 6) is 1.02. The Kier molecular flexibility index (Phi) is 2.65. The number of rotatable bonds is 2. The van der Waals surface area contributed by atoms with Crippen LogP contribution in [0.25, 0.3) is 0 Å². The lowest BCUT2D eigenvalue weighted by molar-refractivity contribution is 0.637. The van der Waals surface area contributed by atoms with E-state index in [0.29, 0.717) is 0 Å². The molecule has 0 bridgehead atoms. The Balaban J connectivity index is 1.95. The summed E-state index contributed by atoms with van der Waals surface area (Å²) in [6.45, 7) is 2.06. The molecule has 0 radical (unpaired) electrons. The second-order valence-electron chi connectivity index (χ2n) is 4.46. The summed E-state index contributed by atoms with van der Waals surface area (Å²) >= 11 is 0. The minimum atomic E-state index is 0.875. The molecule has 2 heterocycles. The smallest absolute Gasteiger partial charge is 0.138 e. The molecule has 2 aromatic rings. The van der Waals surface area contributed by atoms with E-state index in [1.807, 2.05) is 11.7 Å². The first-order valence-corrected chi connectivity index (χ1v) is 5.98. The summed E-state index contributed by atoms with van der Waals surface area (Å²) < 4.78 is 1.85. The molecule has 0 atom stereocenters. The largest absolute Gasteiger partial charge is 0.312 e. The fraction of sp³-hybridized carbons (Fsp3) is 0.385. The fourth-order valence-corrected chi connectivity index (χ4v) is 2.43. The molecule has 0 amide bonds. The number of aromatic nitrogens is 3. The Hall–Kier alpha value is -1.68. The van der Waals surface area contributed by atoms with Crippen molar-refractivity contribution in [3.05, 3.63) is 47.0 Å². The van der Waals surface area contributed by atoms with Gasteiger partial charge in [0.1, 0.15) is 12.2 Å². The van der Waals surface area contributed by atoms with E-state index in [2.05, 4.69) is 33.6 Å². The van der Waals surface area contributed by atoms with Gasteiger partial charge in [-0.05, 0) is 29.7 Å². The van der Waals surface area contributed by atoms with Crippen molar-refractivity contribution in [1.29, 1.82) is 0 Å². The van der Waals surface area contributed by atoms with Crippen LogP contribution in [0.2, 0.25) is 0 Å². The third-order valence-electron chi connectivity index (χ3n) is 3.39. The summed E-state index contributed by atoms with van der Waals surface area (Å²) in [5, 5.41) is 7.52. The van der Waals surface area contributed by atoms with Crippen molar-refractivity contribution in [2.24, 2.45) is 7.05 Å². The average molecular weight is 228 g/mol. The molecule has 4 heteroatoms. The maximum Gasteiger partial charge on any atom is 0.138 e. The van der Waals surface area contributed by atoms with Gasteiger partial charge in [-0.2, -0.15) is 5.10 Å². The Morgan fingerprint density at radius 2 is 2.35 bits per heavy atom. The van der Waals surface area contributed by atoms with E-state index in [-0.39, 0.29) is 0 Å². The minimum Gasteiger partial charge on any atom is -0.312 e. The van der Waals surface area contributed by atoms with Crippen molar-refractivity contribution in [3.63, 3.8) is 0 Å². The molecule has 88 valence electrons. The lowest BCUT2D eigenvalue weighted by Crippen LogP contribution is -2.24. The van der Waals surface area contributed by atoms with Crippen LogP contribution in [0.3, 0.4) is 0 Å². The van der Waals surface area contributed by atoms with Crippen LogP contribution in [0.5, 0.6) is 0 Å². The normalized spacial score (nSPS) is 14.6. The second kappa shape index (κ2) is 4.30. The Morgan fingerprint density at radius 3 is 3.18 bits per heavy atom. The Bertz CT molecular complexity index is 530. The summed E-state index contributed by atoms with van der Waals surface area (Å²) in [7, 11) is 1.94. The monoisotopic (exact) mass is 228 g/mol. The summed E-state index contributed by atoms with van der Waals surface area (Å²) in [5.41, 5.74) is 4.31. The van der Waals surface area contributed by atoms with Gasteiger partial charge in [0.15, 0.2) is 0 Å². The van der Waals surface area contributed by atoms with Crippen LogP contribution < -0.4 is 5.32 Å². The molecular weight excluding hydrogens is 212 g/mol. The minimum absolute atomic E-state index is 0.875. The molecule has 3 rings (SSSR count). The first-order valence-electron chi connectivity index (χ1n) is 5.98. The van der Waals surface area contributed by atoms with Crippen molar-refractivity contribution >= 4 is 0 Å². The van der Waals surface area contributed by atoms with Crippen LogP contribution in [-0.4, -0.2) is 21.3 Å². The highest BCUT2D eigenvalue weighted by Crippen LogP contribution is 2.20. The highest BCUT2D eigenvalue weighted by Gasteiger charge is 2.13. The van der Waals surface area contributed by atoms with Gasteiger partial charge in [-0.25, -0.2) is 4.98 Å². The van der Waals surface area contributed by atoms with Gasteiger partial charge in [0.05, 0.1) is 0 Å². The molecule has 0 saturated carbocycles. The molecule has 0 fully saturated rings. The number of benzene rings is 1. The van der Waals surface area contributed by atoms with Crippen LogP contribution >= 0.6 is 0 Å². The van der Waals surface area contributed by atoms with Gasteiger partial charge in [-0.15, -0.1) is 0 Å². The highest BCUT2D eigenvalue weighted by molar-refractivity contribution is 5.38. The van der Waals surface area contributed by atoms with Gasteiger partial charge in [0.25, 0.3) is 0 Å². The summed E-state index contributed by atoms with van der Waals surface area (Å²) in [6, 6.07) is 6.55. The summed E-state index contributed by atoms with van der Waals surface area (Å²) in [4.78, 5) is 4.30. The first kappa shape index (κ1) is 10.5. The third-order valence-corrected chi connectivity index (χ3v) is 3.39. The number of nitrogens with zero attached hydrogens (tertiary/aromatic N) is 3. The van der Waals surface area contributed by atoms with Crippen LogP contribution in [0, 0.1) is 0 Å². The Labute approximate surface area is 101 Å². The van der Waals surface area contributed by atoms with Crippen molar-refractivity contribution in [2.75, 3.05) is 6.54 Å². The van der Waals surface area contributed by atoms with Crippen LogP contribution in [0.1, 0.15) is 22.5 Å². The molecule has 1 aliphatic heterocycles. The van der Waals surface area contributed by atoms with E-state index in [1.54, 1.807) is 6.33 Å². The predicted octanol–water partition coefficient (Wildman–Crippen LogP) is 1.05. The van der Waals surface area contributed by atoms with E-state index in [9.17, 15) is 0 Å². The quantitative estimate of drug-likeness (QED) is 0.835. The first-order chi connectivity index (χ1) is 8.34. The lowest BCUT2D eigenvalue weighted by Gasteiger charge is -2.20. The van der Waals surface area contributed by atoms with Gasteiger partial charge in [-0.1, -0.05) is 18.2 Å². The van der Waals surface area contributed by atoms with Gasteiger partial charge in [0, 0.05) is 20.0 Å². The summed E-state index contributed by atoms with van der Waals surface area (Å²) in [6.07, 6.45) is 3.61. The van der Waals surface area contributed by atoms with Crippen LogP contribution in [0.15, 0.2) is 24.5 Å². The van der Waals surface area contributed by atoms with Crippen molar-refractivity contribution in [2.45, 2.75) is 19.4 Å². The van der Waals surface area contributed by atoms with E-state index in [4.69, 9.17) is 0 Å². The zero-order chi connectivity index (χ0) is 11.7. The lowest BCUT2D eigenvalue weighted by atomic mass is 9.94. The molecule has 1 aliphatic rings. The van der Waals surface area contributed by atoms with Gasteiger partial charge in [-0.3, -0.25) is 4.68 Å². The third kappa shape index (κ3) is 1.96. The van der Waals surface area contributed by atoms with Crippen LogP contribution in [0.4, 0.5) is 0 Å². The standard InChI is InChI=1S/C13H16N4/c1-17-13(15-9-16-17)7-10-3-2-4-11-8-14-6-5-12(10)11/h2-4,9,14H,5-8H2,1H3. The van der Waals surface area contributed by atoms with Gasteiger partial charge in [0.2, 0.25) is 0 Å². The Morgan fingerprint density at radius 1 is 1.41 bits per heavy atom. The van der Waals surface area contributed by atoms with Crippen molar-refractivity contribution in [3.8, 4) is 0 Å². The molecule has 1 aromatic heterocycles. The number of aryl methyl sites for hydroxylation is 1. The fourth-order valence-electron chi connectivity index (χ4n) is 2.43. The molecule has 4 nitrogen and oxygen atoms in total. The van der Waals surface area contributed by atoms with E-state index in [0.717, 1.165) is 31.8 Å². The SMILES string of the molecule is Cn1ncnc1Cc1cccc2c1CCNC2. The molecule has 0 aliphatic carbocycles. The molecule has 17 heavy (non-hydrogen) atoms. The number of nitrogens with one attached hydrogen (secondary N) is 1. The topological polar surface area (TPSA) is 42.7 Å². The molecular formula is C13H16N4. The highest BCUT2D eigenvalue weighted by atomic mass is 15.3. The van der Waals surface area contributed by atoms with E-state index < -0.39 is 0 Å². The molecule has 1 aromatic carbocycles. The maximum absolute atomic E-state index is 4.30. The van der Waals surface area contributed by atoms with E-state index in [1.165, 1.54) is 16.7 Å². The second-order valence-corrected chi connectivity index (χ2v) is 4.46. The molecule has 0 spiro atoms. The molecule has 1 N–H and O–H groups in total. The zero-order valence-corrected chi connectivity index (χ0v) is 9.98. The number of hydrogen-bond acceptors (Lipinski definition) is 3. The molecule has 0 unspecified atom stereocenters. The van der Waals surface area contributed by atoms with Crippen LogP contribution in [-0.2, 0) is 26.4 Å². The van der Waals surface area contributed by atoms with Crippen molar-refractivity contribution in [1.82, 2.24) is 20.1 Å². The van der Waals surface area contributed by atoms with Crippen molar-refractivity contribution < 1.29 is 0 Å². The number of hydrogen-bond donors (Lipinski definition) is 1. The molecule has 0 saturated heterocycles. The predicted molar refractivity (Wildman–Crippen MR) is 65.7 cm³/mol. The van der Waals surface area contributed by atoms with Gasteiger partial charge < -0.3 is 5.32 Å². The zero-order valence-electron chi connectivity index (χ0n) is 9.98. The van der Waals surface area contributed by atoms with E-state index >= 15 is 0 Å². The average Bonchev–Trinajstić information content (AvgIpc) is 2.76. The van der Waals surface area contributed by atoms with Gasteiger partial charge >= 0.3 is 0 Å². The maximum atomic E-state index is 4.30.